The van der Waals surface area contributed by atoms with Crippen LogP contribution in [0, 0.1) is 5.92 Å². The third-order valence-electron chi connectivity index (χ3n) is 2.93. The summed E-state index contributed by atoms with van der Waals surface area (Å²) in [6.45, 7) is 5.21. The van der Waals surface area contributed by atoms with Crippen LogP contribution in [0.5, 0.6) is 0 Å². The molecule has 0 aromatic carbocycles. The number of methoxy groups -OCH3 is 1. The summed E-state index contributed by atoms with van der Waals surface area (Å²) in [4.78, 5) is 0. The summed E-state index contributed by atoms with van der Waals surface area (Å²) in [5.41, 5.74) is 6.04. The summed E-state index contributed by atoms with van der Waals surface area (Å²) in [6.07, 6.45) is 8.47. The average molecular weight is 234 g/mol. The third kappa shape index (κ3) is 4.99. The maximum absolute atomic E-state index is 5.71. The van der Waals surface area contributed by atoms with Crippen molar-refractivity contribution in [3.8, 4) is 0 Å². The number of ether oxygens (including phenoxy) is 2. The second-order valence-corrected chi connectivity index (χ2v) is 4.24. The van der Waals surface area contributed by atoms with Crippen LogP contribution in [0.4, 0.5) is 0 Å². The first-order chi connectivity index (χ1) is 8.30. The van der Waals surface area contributed by atoms with Crippen LogP contribution >= 0.6 is 0 Å². The topological polar surface area (TPSA) is 18.5 Å². The van der Waals surface area contributed by atoms with Crippen LogP contribution in [-0.4, -0.2) is 13.7 Å². The van der Waals surface area contributed by atoms with Crippen molar-refractivity contribution in [1.82, 2.24) is 0 Å². The van der Waals surface area contributed by atoms with E-state index in [1.54, 1.807) is 19.3 Å². The highest BCUT2D eigenvalue weighted by molar-refractivity contribution is 5.24. The minimum Gasteiger partial charge on any atom is -0.489 e. The molecule has 17 heavy (non-hydrogen) atoms. The number of unbranched alkanes of at least 4 members (excludes halogenated alkanes) is 1. The molecule has 0 saturated carbocycles. The molecular weight excluding hydrogens is 212 g/mol. The second-order valence-electron chi connectivity index (χ2n) is 4.24. The SMILES string of the molecule is CCCCC(CC)COC1=C=CC(OC)=C=C1. The Kier molecular flexibility index (Phi) is 6.32. The summed E-state index contributed by atoms with van der Waals surface area (Å²) >= 11 is 0. The minimum absolute atomic E-state index is 0.644. The van der Waals surface area contributed by atoms with Gasteiger partial charge in [0.25, 0.3) is 0 Å². The molecule has 1 aliphatic rings. The summed E-state index contributed by atoms with van der Waals surface area (Å²) in [7, 11) is 1.62. The summed E-state index contributed by atoms with van der Waals surface area (Å²) < 4.78 is 10.7. The Hall–Kier alpha value is -1.36. The van der Waals surface area contributed by atoms with Crippen molar-refractivity contribution in [2.45, 2.75) is 39.5 Å². The molecule has 0 radical (unpaired) electrons. The first-order valence-corrected chi connectivity index (χ1v) is 6.40. The Labute approximate surface area is 104 Å². The van der Waals surface area contributed by atoms with Gasteiger partial charge < -0.3 is 9.47 Å². The molecule has 0 aromatic heterocycles. The lowest BCUT2D eigenvalue weighted by Crippen LogP contribution is -2.08. The first-order valence-electron chi connectivity index (χ1n) is 6.40. The second kappa shape index (κ2) is 7.84. The molecule has 1 atom stereocenters. The fraction of sp³-hybridized carbons (Fsp3) is 0.600. The number of rotatable bonds is 8. The Bertz CT molecular complexity index is 353. The highest BCUT2D eigenvalue weighted by Crippen LogP contribution is 2.15. The lowest BCUT2D eigenvalue weighted by molar-refractivity contribution is 0.165. The van der Waals surface area contributed by atoms with Crippen molar-refractivity contribution in [3.63, 3.8) is 0 Å². The molecule has 0 bridgehead atoms. The van der Waals surface area contributed by atoms with E-state index in [9.17, 15) is 0 Å². The smallest absolute Gasteiger partial charge is 0.170 e. The monoisotopic (exact) mass is 234 g/mol. The number of hydrogen-bond donors (Lipinski definition) is 0. The molecular formula is C15H22O2. The normalized spacial score (nSPS) is 15.2. The predicted molar refractivity (Wildman–Crippen MR) is 69.5 cm³/mol. The molecule has 0 N–H and O–H groups in total. The van der Waals surface area contributed by atoms with Gasteiger partial charge >= 0.3 is 0 Å². The Balaban J connectivity index is 2.36. The largest absolute Gasteiger partial charge is 0.489 e. The van der Waals surface area contributed by atoms with Gasteiger partial charge in [0.05, 0.1) is 13.7 Å². The Morgan fingerprint density at radius 1 is 1.18 bits per heavy atom. The minimum atomic E-state index is 0.644. The summed E-state index contributed by atoms with van der Waals surface area (Å²) in [5, 5.41) is 0. The molecule has 1 aliphatic carbocycles. The molecule has 1 rings (SSSR count). The molecule has 0 spiro atoms. The average Bonchev–Trinajstić information content (AvgIpc) is 2.39. The van der Waals surface area contributed by atoms with Crippen LogP contribution in [-0.2, 0) is 9.47 Å². The first kappa shape index (κ1) is 13.7. The Morgan fingerprint density at radius 2 is 1.88 bits per heavy atom. The van der Waals surface area contributed by atoms with Crippen molar-refractivity contribution in [1.29, 1.82) is 0 Å². The van der Waals surface area contributed by atoms with Crippen molar-refractivity contribution in [3.05, 3.63) is 35.1 Å². The van der Waals surface area contributed by atoms with E-state index >= 15 is 0 Å². The van der Waals surface area contributed by atoms with Gasteiger partial charge in [0, 0.05) is 12.2 Å². The van der Waals surface area contributed by atoms with E-state index < -0.39 is 0 Å². The predicted octanol–water partition coefficient (Wildman–Crippen LogP) is 3.96. The summed E-state index contributed by atoms with van der Waals surface area (Å²) in [6, 6.07) is 0. The van der Waals surface area contributed by atoms with E-state index in [0.29, 0.717) is 11.7 Å². The van der Waals surface area contributed by atoms with Crippen LogP contribution in [0.25, 0.3) is 0 Å². The highest BCUT2D eigenvalue weighted by Gasteiger charge is 2.07. The van der Waals surface area contributed by atoms with Crippen molar-refractivity contribution in [2.75, 3.05) is 13.7 Å². The van der Waals surface area contributed by atoms with Crippen LogP contribution in [0.3, 0.4) is 0 Å². The van der Waals surface area contributed by atoms with Gasteiger partial charge in [-0.1, -0.05) is 44.6 Å². The zero-order chi connectivity index (χ0) is 12.5. The van der Waals surface area contributed by atoms with Gasteiger partial charge in [-0.2, -0.15) is 0 Å². The van der Waals surface area contributed by atoms with Gasteiger partial charge in [-0.25, -0.2) is 0 Å². The Morgan fingerprint density at radius 3 is 2.41 bits per heavy atom. The molecule has 1 unspecified atom stereocenters. The zero-order valence-electron chi connectivity index (χ0n) is 11.1. The fourth-order valence-corrected chi connectivity index (χ4v) is 1.66. The van der Waals surface area contributed by atoms with Crippen LogP contribution in [0.15, 0.2) is 35.1 Å². The van der Waals surface area contributed by atoms with Gasteiger partial charge in [-0.15, -0.1) is 0 Å². The number of hydrogen-bond acceptors (Lipinski definition) is 2. The molecule has 0 aliphatic heterocycles. The molecule has 0 amide bonds. The molecule has 2 heteroatoms. The molecule has 0 fully saturated rings. The highest BCUT2D eigenvalue weighted by atomic mass is 16.5. The van der Waals surface area contributed by atoms with Crippen molar-refractivity contribution in [2.24, 2.45) is 5.92 Å². The third-order valence-corrected chi connectivity index (χ3v) is 2.93. The molecule has 2 nitrogen and oxygen atoms in total. The van der Waals surface area contributed by atoms with Crippen LogP contribution in [0.1, 0.15) is 39.5 Å². The fourth-order valence-electron chi connectivity index (χ4n) is 1.66. The molecule has 94 valence electrons. The van der Waals surface area contributed by atoms with Crippen LogP contribution in [0.2, 0.25) is 0 Å². The van der Waals surface area contributed by atoms with E-state index in [2.05, 4.69) is 25.3 Å². The molecule has 0 heterocycles. The van der Waals surface area contributed by atoms with E-state index in [1.807, 2.05) is 0 Å². The van der Waals surface area contributed by atoms with Gasteiger partial charge in [0.15, 0.2) is 11.5 Å². The van der Waals surface area contributed by atoms with E-state index in [1.165, 1.54) is 25.7 Å². The van der Waals surface area contributed by atoms with Crippen molar-refractivity contribution < 1.29 is 9.47 Å². The van der Waals surface area contributed by atoms with E-state index in [-0.39, 0.29) is 0 Å². The van der Waals surface area contributed by atoms with Gasteiger partial charge in [-0.3, -0.25) is 0 Å². The zero-order valence-corrected chi connectivity index (χ0v) is 11.1. The van der Waals surface area contributed by atoms with E-state index in [0.717, 1.165) is 12.4 Å². The standard InChI is InChI=1S/C15H22O2/c1-4-6-7-13(5-2)12-17-15-10-8-14(16-3)9-11-15/h8,11,13H,4-7,12H2,1-3H3. The van der Waals surface area contributed by atoms with Crippen molar-refractivity contribution >= 4 is 0 Å². The molecule has 0 saturated heterocycles. The van der Waals surface area contributed by atoms with Crippen LogP contribution < -0.4 is 0 Å². The lowest BCUT2D eigenvalue weighted by atomic mass is 10.0. The summed E-state index contributed by atoms with van der Waals surface area (Å²) in [5.74, 6) is 2.08. The van der Waals surface area contributed by atoms with Gasteiger partial charge in [0.1, 0.15) is 0 Å². The van der Waals surface area contributed by atoms with Gasteiger partial charge in [-0.05, 0) is 12.3 Å². The lowest BCUT2D eigenvalue weighted by Gasteiger charge is -2.15. The quantitative estimate of drug-likeness (QED) is 0.592. The maximum Gasteiger partial charge on any atom is 0.170 e. The van der Waals surface area contributed by atoms with E-state index in [4.69, 9.17) is 9.47 Å². The van der Waals surface area contributed by atoms with Gasteiger partial charge in [0.2, 0.25) is 0 Å². The maximum atomic E-state index is 5.71. The molecule has 0 aromatic rings.